The van der Waals surface area contributed by atoms with Crippen LogP contribution in [0.4, 0.5) is 0 Å². The van der Waals surface area contributed by atoms with Gasteiger partial charge in [0.05, 0.1) is 12.2 Å². The molecule has 0 saturated heterocycles. The molecule has 0 aromatic heterocycles. The molecule has 2 nitrogen and oxygen atoms in total. The first-order valence-electron chi connectivity index (χ1n) is 8.11. The van der Waals surface area contributed by atoms with Gasteiger partial charge in [-0.3, -0.25) is 0 Å². The molecule has 0 spiro atoms. The standard InChI is InChI=1S/C18H29NO/c1-4-15-10-6-8-12-17(15)20-18(13-19-3)16-11-7-5-9-14(16)2/h5,7,9,11,15,17-19H,4,6,8,10,12-13H2,1-3H3. The predicted molar refractivity (Wildman–Crippen MR) is 85.0 cm³/mol. The molecule has 1 fully saturated rings. The highest BCUT2D eigenvalue weighted by Crippen LogP contribution is 2.33. The van der Waals surface area contributed by atoms with E-state index in [-0.39, 0.29) is 6.10 Å². The first-order chi connectivity index (χ1) is 9.76. The zero-order valence-electron chi connectivity index (χ0n) is 13.2. The first-order valence-corrected chi connectivity index (χ1v) is 8.11. The van der Waals surface area contributed by atoms with E-state index >= 15 is 0 Å². The average Bonchev–Trinajstić information content (AvgIpc) is 2.48. The normalized spacial score (nSPS) is 24.6. The van der Waals surface area contributed by atoms with E-state index in [1.54, 1.807) is 0 Å². The lowest BCUT2D eigenvalue weighted by molar-refractivity contribution is -0.0612. The topological polar surface area (TPSA) is 21.3 Å². The highest BCUT2D eigenvalue weighted by atomic mass is 16.5. The quantitative estimate of drug-likeness (QED) is 0.838. The second-order valence-corrected chi connectivity index (χ2v) is 6.03. The lowest BCUT2D eigenvalue weighted by Crippen LogP contribution is -2.32. The van der Waals surface area contributed by atoms with Gasteiger partial charge in [-0.2, -0.15) is 0 Å². The Bertz CT molecular complexity index is 404. The van der Waals surface area contributed by atoms with Crippen LogP contribution in [0.15, 0.2) is 24.3 Å². The van der Waals surface area contributed by atoms with Gasteiger partial charge in [0, 0.05) is 6.54 Å². The third-order valence-electron chi connectivity index (χ3n) is 4.63. The summed E-state index contributed by atoms with van der Waals surface area (Å²) in [6.07, 6.45) is 7.11. The summed E-state index contributed by atoms with van der Waals surface area (Å²) in [5.41, 5.74) is 2.67. The van der Waals surface area contributed by atoms with Gasteiger partial charge in [-0.25, -0.2) is 0 Å². The number of hydrogen-bond donors (Lipinski definition) is 1. The zero-order valence-corrected chi connectivity index (χ0v) is 13.2. The molecule has 1 aromatic rings. The van der Waals surface area contributed by atoms with Crippen LogP contribution in [0, 0.1) is 12.8 Å². The largest absolute Gasteiger partial charge is 0.369 e. The van der Waals surface area contributed by atoms with Crippen molar-refractivity contribution in [2.45, 2.75) is 58.2 Å². The third-order valence-corrected chi connectivity index (χ3v) is 4.63. The minimum absolute atomic E-state index is 0.179. The molecule has 0 amide bonds. The van der Waals surface area contributed by atoms with E-state index in [0.717, 1.165) is 12.5 Å². The van der Waals surface area contributed by atoms with Crippen molar-refractivity contribution in [1.29, 1.82) is 0 Å². The summed E-state index contributed by atoms with van der Waals surface area (Å²) in [5.74, 6) is 0.743. The predicted octanol–water partition coefficient (Wildman–Crippen LogP) is 4.24. The fourth-order valence-electron chi connectivity index (χ4n) is 3.40. The number of likely N-dealkylation sites (N-methyl/N-ethyl adjacent to an activating group) is 1. The molecule has 1 aromatic carbocycles. The lowest BCUT2D eigenvalue weighted by Gasteiger charge is -2.34. The maximum atomic E-state index is 6.54. The smallest absolute Gasteiger partial charge is 0.0955 e. The number of rotatable bonds is 6. The zero-order chi connectivity index (χ0) is 14.4. The highest BCUT2D eigenvalue weighted by Gasteiger charge is 2.27. The van der Waals surface area contributed by atoms with Gasteiger partial charge >= 0.3 is 0 Å². The minimum Gasteiger partial charge on any atom is -0.369 e. The Morgan fingerprint density at radius 2 is 2.00 bits per heavy atom. The molecule has 3 unspecified atom stereocenters. The molecule has 1 N–H and O–H groups in total. The van der Waals surface area contributed by atoms with Crippen molar-refractivity contribution in [2.24, 2.45) is 5.92 Å². The van der Waals surface area contributed by atoms with E-state index in [1.807, 2.05) is 7.05 Å². The van der Waals surface area contributed by atoms with Crippen molar-refractivity contribution < 1.29 is 4.74 Å². The molecule has 112 valence electrons. The van der Waals surface area contributed by atoms with E-state index in [9.17, 15) is 0 Å². The van der Waals surface area contributed by atoms with Gasteiger partial charge in [-0.05, 0) is 43.9 Å². The molecule has 1 saturated carbocycles. The summed E-state index contributed by atoms with van der Waals surface area (Å²) < 4.78 is 6.54. The SMILES string of the molecule is CCC1CCCCC1OC(CNC)c1ccccc1C. The van der Waals surface area contributed by atoms with Crippen LogP contribution in [-0.4, -0.2) is 19.7 Å². The van der Waals surface area contributed by atoms with E-state index < -0.39 is 0 Å². The Morgan fingerprint density at radius 1 is 1.25 bits per heavy atom. The molecule has 0 heterocycles. The minimum atomic E-state index is 0.179. The molecule has 20 heavy (non-hydrogen) atoms. The van der Waals surface area contributed by atoms with Crippen LogP contribution >= 0.6 is 0 Å². The van der Waals surface area contributed by atoms with Crippen molar-refractivity contribution in [3.63, 3.8) is 0 Å². The molecule has 1 aliphatic carbocycles. The average molecular weight is 275 g/mol. The van der Waals surface area contributed by atoms with Crippen molar-refractivity contribution in [2.75, 3.05) is 13.6 Å². The Hall–Kier alpha value is -0.860. The van der Waals surface area contributed by atoms with Crippen LogP contribution in [-0.2, 0) is 4.74 Å². The van der Waals surface area contributed by atoms with E-state index in [4.69, 9.17) is 4.74 Å². The maximum Gasteiger partial charge on any atom is 0.0955 e. The van der Waals surface area contributed by atoms with Crippen LogP contribution in [0.2, 0.25) is 0 Å². The third kappa shape index (κ3) is 3.83. The number of benzene rings is 1. The van der Waals surface area contributed by atoms with Gasteiger partial charge < -0.3 is 10.1 Å². The van der Waals surface area contributed by atoms with Crippen LogP contribution in [0.5, 0.6) is 0 Å². The molecular formula is C18H29NO. The summed E-state index contributed by atoms with van der Waals surface area (Å²) in [5, 5.41) is 3.29. The first kappa shape index (κ1) is 15.5. The van der Waals surface area contributed by atoms with Crippen LogP contribution in [0.3, 0.4) is 0 Å². The van der Waals surface area contributed by atoms with Crippen molar-refractivity contribution >= 4 is 0 Å². The highest BCUT2D eigenvalue weighted by molar-refractivity contribution is 5.28. The van der Waals surface area contributed by atoms with Gasteiger partial charge in [-0.1, -0.05) is 50.5 Å². The van der Waals surface area contributed by atoms with Gasteiger partial charge in [-0.15, -0.1) is 0 Å². The van der Waals surface area contributed by atoms with E-state index in [1.165, 1.54) is 43.2 Å². The maximum absolute atomic E-state index is 6.54. The Morgan fingerprint density at radius 3 is 2.70 bits per heavy atom. The summed E-state index contributed by atoms with van der Waals surface area (Å²) in [6, 6.07) is 8.61. The van der Waals surface area contributed by atoms with Crippen LogP contribution < -0.4 is 5.32 Å². The summed E-state index contributed by atoms with van der Waals surface area (Å²) in [6.45, 7) is 5.37. The number of hydrogen-bond acceptors (Lipinski definition) is 2. The molecule has 0 radical (unpaired) electrons. The van der Waals surface area contributed by atoms with E-state index in [0.29, 0.717) is 6.10 Å². The van der Waals surface area contributed by atoms with E-state index in [2.05, 4.69) is 43.4 Å². The Labute approximate surface area is 123 Å². The van der Waals surface area contributed by atoms with Crippen molar-refractivity contribution in [3.8, 4) is 0 Å². The second-order valence-electron chi connectivity index (χ2n) is 6.03. The number of nitrogens with one attached hydrogen (secondary N) is 1. The molecule has 0 aliphatic heterocycles. The lowest BCUT2D eigenvalue weighted by atomic mass is 9.84. The number of ether oxygens (including phenoxy) is 1. The fourth-order valence-corrected chi connectivity index (χ4v) is 3.40. The van der Waals surface area contributed by atoms with Gasteiger partial charge in [0.25, 0.3) is 0 Å². The van der Waals surface area contributed by atoms with Gasteiger partial charge in [0.1, 0.15) is 0 Å². The molecule has 1 aliphatic rings. The fraction of sp³-hybridized carbons (Fsp3) is 0.667. The Balaban J connectivity index is 2.10. The molecule has 2 rings (SSSR count). The van der Waals surface area contributed by atoms with Crippen molar-refractivity contribution in [1.82, 2.24) is 5.32 Å². The second kappa shape index (κ2) is 7.80. The Kier molecular flexibility index (Phi) is 6.06. The number of aryl methyl sites for hydroxylation is 1. The molecule has 2 heteroatoms. The van der Waals surface area contributed by atoms with Crippen LogP contribution in [0.1, 0.15) is 56.3 Å². The van der Waals surface area contributed by atoms with Gasteiger partial charge in [0.2, 0.25) is 0 Å². The summed E-state index contributed by atoms with van der Waals surface area (Å²) >= 11 is 0. The molecule has 3 atom stereocenters. The van der Waals surface area contributed by atoms with Gasteiger partial charge in [0.15, 0.2) is 0 Å². The van der Waals surface area contributed by atoms with Crippen molar-refractivity contribution in [3.05, 3.63) is 35.4 Å². The monoisotopic (exact) mass is 275 g/mol. The summed E-state index contributed by atoms with van der Waals surface area (Å²) in [7, 11) is 2.01. The molecule has 0 bridgehead atoms. The molecular weight excluding hydrogens is 246 g/mol. The summed E-state index contributed by atoms with van der Waals surface area (Å²) in [4.78, 5) is 0. The van der Waals surface area contributed by atoms with Crippen LogP contribution in [0.25, 0.3) is 0 Å².